The molecule has 0 fully saturated rings. The third-order valence-corrected chi connectivity index (χ3v) is 3.39. The molecule has 0 bridgehead atoms. The lowest BCUT2D eigenvalue weighted by molar-refractivity contribution is -0.441. The predicted octanol–water partition coefficient (Wildman–Crippen LogP) is 4.23. The van der Waals surface area contributed by atoms with E-state index in [0.717, 1.165) is 0 Å². The van der Waals surface area contributed by atoms with Crippen LogP contribution in [0, 0.1) is 0 Å². The van der Waals surface area contributed by atoms with Crippen LogP contribution in [-0.4, -0.2) is 47.2 Å². The summed E-state index contributed by atoms with van der Waals surface area (Å²) in [6.45, 7) is 0. The van der Waals surface area contributed by atoms with Crippen molar-refractivity contribution in [2.24, 2.45) is 0 Å². The first-order valence-corrected chi connectivity index (χ1v) is 6.74. The molecule has 0 aliphatic rings. The van der Waals surface area contributed by atoms with Crippen LogP contribution in [0.5, 0.6) is 5.75 Å². The zero-order chi connectivity index (χ0) is 23.3. The van der Waals surface area contributed by atoms with Gasteiger partial charge in [0.15, 0.2) is 0 Å². The van der Waals surface area contributed by atoms with Gasteiger partial charge in [-0.3, -0.25) is 0 Å². The zero-order valence-corrected chi connectivity index (χ0v) is 13.1. The third-order valence-electron chi connectivity index (χ3n) is 3.39. The van der Waals surface area contributed by atoms with Gasteiger partial charge in [-0.25, -0.2) is 0 Å². The highest BCUT2D eigenvalue weighted by Gasteiger charge is 2.91. The standard InChI is InChI=1S/C12H6BF13O3/c14-7(15,5-3-1-2-4-6(5)29-13(27)28)8(16,17)9(18,19)10(20,21)11(22,23)12(24,25)26/h1-4,27-28H. The van der Waals surface area contributed by atoms with Crippen LogP contribution in [0.4, 0.5) is 57.1 Å². The van der Waals surface area contributed by atoms with Gasteiger partial charge in [-0.15, -0.1) is 0 Å². The van der Waals surface area contributed by atoms with Gasteiger partial charge in [0.05, 0.1) is 5.56 Å². The van der Waals surface area contributed by atoms with Gasteiger partial charge >= 0.3 is 43.1 Å². The maximum atomic E-state index is 14.0. The van der Waals surface area contributed by atoms with E-state index in [9.17, 15) is 57.1 Å². The summed E-state index contributed by atoms with van der Waals surface area (Å²) in [6, 6.07) is 1.15. The summed E-state index contributed by atoms with van der Waals surface area (Å²) in [5.41, 5.74) is -2.44. The van der Waals surface area contributed by atoms with Crippen molar-refractivity contribution >= 4 is 7.32 Å². The molecule has 0 radical (unpaired) electrons. The highest BCUT2D eigenvalue weighted by molar-refractivity contribution is 6.33. The number of alkyl halides is 13. The Bertz CT molecular complexity index is 732. The van der Waals surface area contributed by atoms with Crippen molar-refractivity contribution in [3.63, 3.8) is 0 Å². The first-order chi connectivity index (χ1) is 12.7. The van der Waals surface area contributed by atoms with E-state index in [1.54, 1.807) is 0 Å². The Labute approximate surface area is 151 Å². The van der Waals surface area contributed by atoms with Crippen LogP contribution in [0.15, 0.2) is 24.3 Å². The van der Waals surface area contributed by atoms with Crippen LogP contribution < -0.4 is 4.65 Å². The summed E-state index contributed by atoms with van der Waals surface area (Å²) in [7, 11) is -3.02. The van der Waals surface area contributed by atoms with Crippen LogP contribution >= 0.6 is 0 Å². The Hall–Kier alpha value is -1.91. The van der Waals surface area contributed by atoms with Crippen LogP contribution in [0.3, 0.4) is 0 Å². The molecule has 0 unspecified atom stereocenters. The predicted molar refractivity (Wildman–Crippen MR) is 67.0 cm³/mol. The van der Waals surface area contributed by atoms with Crippen LogP contribution in [-0.2, 0) is 5.92 Å². The molecule has 0 amide bonds. The van der Waals surface area contributed by atoms with Crippen molar-refractivity contribution < 1.29 is 71.8 Å². The summed E-state index contributed by atoms with van der Waals surface area (Å²) >= 11 is 0. The maximum Gasteiger partial charge on any atom is 0.707 e. The van der Waals surface area contributed by atoms with Crippen LogP contribution in [0.1, 0.15) is 5.56 Å². The number of benzene rings is 1. The lowest BCUT2D eigenvalue weighted by Crippen LogP contribution is -2.69. The molecule has 0 atom stereocenters. The first-order valence-electron chi connectivity index (χ1n) is 6.74. The van der Waals surface area contributed by atoms with Gasteiger partial charge in [0.25, 0.3) is 0 Å². The molecule has 29 heavy (non-hydrogen) atoms. The van der Waals surface area contributed by atoms with Gasteiger partial charge in [-0.2, -0.15) is 57.1 Å². The number of para-hydroxylation sites is 1. The SMILES string of the molecule is OB(O)Oc1ccccc1C(F)(F)C(F)(F)C(F)(F)C(F)(F)C(F)(F)C(F)(F)F. The quantitative estimate of drug-likeness (QED) is 0.478. The average molecular weight is 456 g/mol. The van der Waals surface area contributed by atoms with Crippen molar-refractivity contribution in [1.82, 2.24) is 0 Å². The Kier molecular flexibility index (Phi) is 6.16. The van der Waals surface area contributed by atoms with E-state index in [0.29, 0.717) is 12.1 Å². The molecule has 2 N–H and O–H groups in total. The highest BCUT2D eigenvalue weighted by atomic mass is 19.4. The highest BCUT2D eigenvalue weighted by Crippen LogP contribution is 2.62. The molecule has 0 spiro atoms. The monoisotopic (exact) mass is 456 g/mol. The zero-order valence-electron chi connectivity index (χ0n) is 13.1. The van der Waals surface area contributed by atoms with Crippen molar-refractivity contribution in [3.05, 3.63) is 29.8 Å². The second-order valence-corrected chi connectivity index (χ2v) is 5.31. The van der Waals surface area contributed by atoms with Crippen molar-refractivity contribution in [2.75, 3.05) is 0 Å². The fraction of sp³-hybridized carbons (Fsp3) is 0.500. The van der Waals surface area contributed by atoms with Crippen LogP contribution in [0.2, 0.25) is 0 Å². The van der Waals surface area contributed by atoms with E-state index in [4.69, 9.17) is 10.0 Å². The van der Waals surface area contributed by atoms with Crippen molar-refractivity contribution in [3.8, 4) is 5.75 Å². The second-order valence-electron chi connectivity index (χ2n) is 5.31. The fourth-order valence-electron chi connectivity index (χ4n) is 1.88. The van der Waals surface area contributed by atoms with Crippen molar-refractivity contribution in [1.29, 1.82) is 0 Å². The Morgan fingerprint density at radius 3 is 1.45 bits per heavy atom. The lowest BCUT2D eigenvalue weighted by atomic mass is 9.90. The smallest absolute Gasteiger partial charge is 0.512 e. The molecule has 166 valence electrons. The second kappa shape index (κ2) is 7.10. The Balaban J connectivity index is 3.64. The van der Waals surface area contributed by atoms with E-state index in [-0.39, 0.29) is 12.1 Å². The van der Waals surface area contributed by atoms with Crippen LogP contribution in [0.25, 0.3) is 0 Å². The average Bonchev–Trinajstić information content (AvgIpc) is 2.52. The molecular weight excluding hydrogens is 450 g/mol. The minimum Gasteiger partial charge on any atom is -0.512 e. The Morgan fingerprint density at radius 1 is 0.621 bits per heavy atom. The van der Waals surface area contributed by atoms with Gasteiger partial charge in [0, 0.05) is 0 Å². The normalized spacial score (nSPS) is 14.7. The van der Waals surface area contributed by atoms with E-state index >= 15 is 0 Å². The molecule has 0 saturated carbocycles. The molecule has 17 heteroatoms. The minimum absolute atomic E-state index is 0.179. The molecule has 0 saturated heterocycles. The summed E-state index contributed by atoms with van der Waals surface area (Å²) in [6.07, 6.45) is -7.51. The van der Waals surface area contributed by atoms with E-state index in [1.807, 2.05) is 0 Å². The minimum atomic E-state index is -8.03. The van der Waals surface area contributed by atoms with E-state index in [1.165, 1.54) is 0 Å². The number of hydrogen-bond donors (Lipinski definition) is 2. The summed E-state index contributed by atoms with van der Waals surface area (Å²) in [4.78, 5) is 0. The lowest BCUT2D eigenvalue weighted by Gasteiger charge is -2.40. The number of halogens is 13. The first kappa shape index (κ1) is 25.1. The molecule has 0 heterocycles. The maximum absolute atomic E-state index is 14.0. The topological polar surface area (TPSA) is 49.7 Å². The van der Waals surface area contributed by atoms with Gasteiger partial charge in [0.2, 0.25) is 0 Å². The molecule has 1 rings (SSSR count). The molecular formula is C12H6BF13O3. The van der Waals surface area contributed by atoms with Gasteiger partial charge < -0.3 is 14.7 Å². The molecule has 3 nitrogen and oxygen atoms in total. The molecule has 1 aromatic carbocycles. The molecule has 0 aromatic heterocycles. The molecule has 0 aliphatic heterocycles. The number of rotatable bonds is 7. The van der Waals surface area contributed by atoms with Gasteiger partial charge in [-0.1, -0.05) is 12.1 Å². The van der Waals surface area contributed by atoms with E-state index in [2.05, 4.69) is 4.65 Å². The van der Waals surface area contributed by atoms with Gasteiger partial charge in [0.1, 0.15) is 5.75 Å². The Morgan fingerprint density at radius 2 is 1.03 bits per heavy atom. The van der Waals surface area contributed by atoms with E-state index < -0.39 is 54.4 Å². The summed E-state index contributed by atoms with van der Waals surface area (Å²) < 4.78 is 174. The summed E-state index contributed by atoms with van der Waals surface area (Å²) in [5, 5.41) is 17.0. The summed E-state index contributed by atoms with van der Waals surface area (Å²) in [5.74, 6) is -39.6. The number of hydrogen-bond acceptors (Lipinski definition) is 3. The van der Waals surface area contributed by atoms with Crippen molar-refractivity contribution in [2.45, 2.75) is 35.8 Å². The molecule has 0 aliphatic carbocycles. The molecule has 1 aromatic rings. The van der Waals surface area contributed by atoms with Gasteiger partial charge in [-0.05, 0) is 12.1 Å². The fourth-order valence-corrected chi connectivity index (χ4v) is 1.88. The largest absolute Gasteiger partial charge is 0.707 e. The third kappa shape index (κ3) is 3.69.